The van der Waals surface area contributed by atoms with E-state index in [1.807, 2.05) is 0 Å². The molecule has 0 spiro atoms. The summed E-state index contributed by atoms with van der Waals surface area (Å²) in [6, 6.07) is 0. The maximum absolute atomic E-state index is 11.3. The summed E-state index contributed by atoms with van der Waals surface area (Å²) in [5.41, 5.74) is -0.649. The summed E-state index contributed by atoms with van der Waals surface area (Å²) in [6.45, 7) is 0. The van der Waals surface area contributed by atoms with Crippen LogP contribution in [0.25, 0.3) is 0 Å². The van der Waals surface area contributed by atoms with Crippen molar-refractivity contribution in [3.8, 4) is 0 Å². The number of nitrogens with one attached hydrogen (secondary N) is 1. The van der Waals surface area contributed by atoms with Crippen molar-refractivity contribution in [3.05, 3.63) is 0 Å². The van der Waals surface area contributed by atoms with Crippen LogP contribution in [0, 0.1) is 5.41 Å². The summed E-state index contributed by atoms with van der Waals surface area (Å²) in [5, 5.41) is 11.1. The number of amides is 1. The highest BCUT2D eigenvalue weighted by Crippen LogP contribution is 2.53. The van der Waals surface area contributed by atoms with Crippen LogP contribution in [0.5, 0.6) is 0 Å². The fraction of sp³-hybridized carbons (Fsp3) is 0.800. The fourth-order valence-corrected chi connectivity index (χ4v) is 3.18. The molecule has 0 aromatic rings. The van der Waals surface area contributed by atoms with E-state index in [2.05, 4.69) is 5.32 Å². The number of carbonyl (C=O) groups is 2. The molecule has 0 aromatic carbocycles. The van der Waals surface area contributed by atoms with E-state index in [1.54, 1.807) is 0 Å². The molecule has 84 valence electrons. The lowest BCUT2D eigenvalue weighted by Gasteiger charge is -2.51. The van der Waals surface area contributed by atoms with Gasteiger partial charge in [0.25, 0.3) is 0 Å². The van der Waals surface area contributed by atoms with Crippen molar-refractivity contribution in [2.45, 2.75) is 44.1 Å². The summed E-state index contributed by atoms with van der Waals surface area (Å²) in [6.07, 6.45) is 3.38. The standard InChI is InChI=1S/C10H14ClNO3/c11-7(13)9-1-4-10(5-2-9,6-3-9)12-8(14)15/h12H,1-6H2,(H,14,15). The van der Waals surface area contributed by atoms with Gasteiger partial charge in [0.05, 0.1) is 0 Å². The first-order chi connectivity index (χ1) is 6.98. The normalized spacial score (nSPS) is 38.7. The van der Waals surface area contributed by atoms with Crippen LogP contribution in [0.3, 0.4) is 0 Å². The molecule has 3 fully saturated rings. The lowest BCUT2D eigenvalue weighted by atomic mass is 9.58. The van der Waals surface area contributed by atoms with Gasteiger partial charge in [0.1, 0.15) is 0 Å². The van der Waals surface area contributed by atoms with Gasteiger partial charge >= 0.3 is 6.09 Å². The average molecular weight is 232 g/mol. The fourth-order valence-electron chi connectivity index (χ4n) is 2.89. The average Bonchev–Trinajstić information content (AvgIpc) is 2.18. The van der Waals surface area contributed by atoms with Crippen molar-refractivity contribution >= 4 is 22.9 Å². The van der Waals surface area contributed by atoms with Crippen LogP contribution >= 0.6 is 11.6 Å². The van der Waals surface area contributed by atoms with Gasteiger partial charge in [0.2, 0.25) is 5.24 Å². The minimum atomic E-state index is -0.971. The number of rotatable bonds is 2. The number of hydrogen-bond donors (Lipinski definition) is 2. The monoisotopic (exact) mass is 231 g/mol. The molecule has 5 heteroatoms. The van der Waals surface area contributed by atoms with E-state index in [4.69, 9.17) is 16.7 Å². The molecular formula is C10H14ClNO3. The molecule has 15 heavy (non-hydrogen) atoms. The van der Waals surface area contributed by atoms with E-state index in [0.717, 1.165) is 38.5 Å². The highest BCUT2D eigenvalue weighted by atomic mass is 35.5. The van der Waals surface area contributed by atoms with E-state index >= 15 is 0 Å². The topological polar surface area (TPSA) is 66.4 Å². The molecule has 0 aromatic heterocycles. The van der Waals surface area contributed by atoms with Gasteiger partial charge < -0.3 is 10.4 Å². The number of hydrogen-bond acceptors (Lipinski definition) is 2. The molecular weight excluding hydrogens is 218 g/mol. The van der Waals surface area contributed by atoms with Crippen LogP contribution < -0.4 is 5.32 Å². The second-order valence-electron chi connectivity index (χ2n) is 4.76. The third-order valence-electron chi connectivity index (χ3n) is 4.04. The summed E-state index contributed by atoms with van der Waals surface area (Å²) in [4.78, 5) is 22.0. The molecule has 2 N–H and O–H groups in total. The van der Waals surface area contributed by atoms with Crippen LogP contribution in [0.2, 0.25) is 0 Å². The van der Waals surface area contributed by atoms with Crippen LogP contribution in [-0.2, 0) is 4.79 Å². The van der Waals surface area contributed by atoms with Crippen molar-refractivity contribution in [2.24, 2.45) is 5.41 Å². The molecule has 3 saturated carbocycles. The number of halogens is 1. The van der Waals surface area contributed by atoms with Crippen LogP contribution in [0.15, 0.2) is 0 Å². The van der Waals surface area contributed by atoms with E-state index < -0.39 is 6.09 Å². The van der Waals surface area contributed by atoms with Gasteiger partial charge in [0.15, 0.2) is 0 Å². The van der Waals surface area contributed by atoms with Gasteiger partial charge in [-0.15, -0.1) is 0 Å². The molecule has 3 aliphatic rings. The zero-order chi connectivity index (χ0) is 11.1. The van der Waals surface area contributed by atoms with E-state index in [1.165, 1.54) is 0 Å². The van der Waals surface area contributed by atoms with Crippen molar-refractivity contribution in [1.29, 1.82) is 0 Å². The molecule has 1 amide bonds. The van der Waals surface area contributed by atoms with Crippen molar-refractivity contribution in [1.82, 2.24) is 5.32 Å². The van der Waals surface area contributed by atoms with Crippen LogP contribution in [0.4, 0.5) is 4.79 Å². The molecule has 3 aliphatic carbocycles. The Hall–Kier alpha value is -0.770. The van der Waals surface area contributed by atoms with Gasteiger partial charge in [-0.3, -0.25) is 4.79 Å². The predicted molar refractivity (Wildman–Crippen MR) is 54.9 cm³/mol. The molecule has 0 radical (unpaired) electrons. The highest BCUT2D eigenvalue weighted by molar-refractivity contribution is 6.64. The maximum atomic E-state index is 11.3. The first kappa shape index (κ1) is 10.7. The quantitative estimate of drug-likeness (QED) is 0.716. The molecule has 0 heterocycles. The Morgan fingerprint density at radius 2 is 1.53 bits per heavy atom. The minimum absolute atomic E-state index is 0.244. The van der Waals surface area contributed by atoms with Gasteiger partial charge in [-0.25, -0.2) is 4.79 Å². The van der Waals surface area contributed by atoms with Gasteiger partial charge in [0, 0.05) is 11.0 Å². The lowest BCUT2D eigenvalue weighted by Crippen LogP contribution is -2.57. The van der Waals surface area contributed by atoms with Crippen molar-refractivity contribution in [2.75, 3.05) is 0 Å². The van der Waals surface area contributed by atoms with Crippen molar-refractivity contribution in [3.63, 3.8) is 0 Å². The van der Waals surface area contributed by atoms with Crippen LogP contribution in [-0.4, -0.2) is 22.0 Å². The summed E-state index contributed by atoms with van der Waals surface area (Å²) in [5.74, 6) is 0. The van der Waals surface area contributed by atoms with E-state index in [9.17, 15) is 9.59 Å². The molecule has 0 saturated heterocycles. The second kappa shape index (κ2) is 3.37. The summed E-state index contributed by atoms with van der Waals surface area (Å²) >= 11 is 5.61. The SMILES string of the molecule is O=C(O)NC12CCC(C(=O)Cl)(CC1)CC2. The minimum Gasteiger partial charge on any atom is -0.465 e. The molecule has 2 bridgehead atoms. The number of carbonyl (C=O) groups excluding carboxylic acids is 1. The Morgan fingerprint density at radius 1 is 1.07 bits per heavy atom. The zero-order valence-electron chi connectivity index (χ0n) is 8.38. The van der Waals surface area contributed by atoms with E-state index in [-0.39, 0.29) is 16.2 Å². The zero-order valence-corrected chi connectivity index (χ0v) is 9.14. The van der Waals surface area contributed by atoms with Gasteiger partial charge in [-0.1, -0.05) is 0 Å². The third-order valence-corrected chi connectivity index (χ3v) is 4.44. The first-order valence-electron chi connectivity index (χ1n) is 5.19. The lowest BCUT2D eigenvalue weighted by molar-refractivity contribution is -0.127. The second-order valence-corrected chi connectivity index (χ2v) is 5.11. The predicted octanol–water partition coefficient (Wildman–Crippen LogP) is 2.11. The molecule has 0 unspecified atom stereocenters. The number of carboxylic acid groups (broad SMARTS) is 1. The Morgan fingerprint density at radius 3 is 1.87 bits per heavy atom. The van der Waals surface area contributed by atoms with Gasteiger partial charge in [-0.05, 0) is 50.1 Å². The summed E-state index contributed by atoms with van der Waals surface area (Å²) < 4.78 is 0. The Kier molecular flexibility index (Phi) is 2.41. The Balaban J connectivity index is 2.10. The Bertz CT molecular complexity index is 291. The van der Waals surface area contributed by atoms with Crippen molar-refractivity contribution < 1.29 is 14.7 Å². The van der Waals surface area contributed by atoms with E-state index in [0.29, 0.717) is 0 Å². The molecule has 3 rings (SSSR count). The summed E-state index contributed by atoms with van der Waals surface area (Å²) in [7, 11) is 0. The van der Waals surface area contributed by atoms with Crippen LogP contribution in [0.1, 0.15) is 38.5 Å². The highest BCUT2D eigenvalue weighted by Gasteiger charge is 2.52. The molecule has 0 aliphatic heterocycles. The maximum Gasteiger partial charge on any atom is 0.405 e. The Labute approximate surface area is 93.0 Å². The molecule has 4 nitrogen and oxygen atoms in total. The molecule has 0 atom stereocenters. The first-order valence-corrected chi connectivity index (χ1v) is 5.57. The number of fused-ring (bicyclic) bond motifs is 3. The smallest absolute Gasteiger partial charge is 0.405 e. The largest absolute Gasteiger partial charge is 0.465 e. The van der Waals surface area contributed by atoms with Gasteiger partial charge in [-0.2, -0.15) is 0 Å². The third kappa shape index (κ3) is 1.71.